The molecule has 0 radical (unpaired) electrons. The first-order valence-electron chi connectivity index (χ1n) is 8.74. The summed E-state index contributed by atoms with van der Waals surface area (Å²) in [5.74, 6) is -0.893. The summed E-state index contributed by atoms with van der Waals surface area (Å²) in [6.07, 6.45) is 1.99. The lowest BCUT2D eigenvalue weighted by Gasteiger charge is -2.44. The predicted molar refractivity (Wildman–Crippen MR) is 103 cm³/mol. The Morgan fingerprint density at radius 2 is 1.96 bits per heavy atom. The van der Waals surface area contributed by atoms with Gasteiger partial charge < -0.3 is 10.6 Å². The van der Waals surface area contributed by atoms with Gasteiger partial charge in [0.2, 0.25) is 5.91 Å². The lowest BCUT2D eigenvalue weighted by molar-refractivity contribution is -0.120. The van der Waals surface area contributed by atoms with E-state index in [1.165, 1.54) is 17.8 Å². The molecule has 0 atom stereocenters. The molecule has 7 heteroatoms. The van der Waals surface area contributed by atoms with Crippen molar-refractivity contribution in [3.05, 3.63) is 58.9 Å². The van der Waals surface area contributed by atoms with Crippen molar-refractivity contribution in [3.8, 4) is 0 Å². The van der Waals surface area contributed by atoms with Gasteiger partial charge in [0.25, 0.3) is 5.91 Å². The Morgan fingerprint density at radius 3 is 2.63 bits per heavy atom. The zero-order valence-electron chi connectivity index (χ0n) is 14.4. The molecule has 1 saturated carbocycles. The Balaban J connectivity index is 1.47. The number of amides is 2. The van der Waals surface area contributed by atoms with Crippen molar-refractivity contribution in [3.63, 3.8) is 0 Å². The van der Waals surface area contributed by atoms with Crippen molar-refractivity contribution in [1.82, 2.24) is 10.6 Å². The molecule has 1 aliphatic heterocycles. The number of hydrogen-bond acceptors (Lipinski definition) is 3. The van der Waals surface area contributed by atoms with E-state index in [-0.39, 0.29) is 22.9 Å². The average molecular weight is 405 g/mol. The zero-order valence-corrected chi connectivity index (χ0v) is 16.0. The molecule has 2 aromatic carbocycles. The van der Waals surface area contributed by atoms with Crippen LogP contribution in [-0.2, 0) is 4.79 Å². The fourth-order valence-electron chi connectivity index (χ4n) is 3.82. The van der Waals surface area contributed by atoms with Crippen LogP contribution < -0.4 is 10.6 Å². The van der Waals surface area contributed by atoms with Gasteiger partial charge in [-0.1, -0.05) is 29.4 Å². The van der Waals surface area contributed by atoms with Gasteiger partial charge in [-0.3, -0.25) is 9.59 Å². The first-order valence-corrected chi connectivity index (χ1v) is 9.93. The number of nitrogens with one attached hydrogen (secondary N) is 2. The second-order valence-corrected chi connectivity index (χ2v) is 8.75. The molecular formula is C20H18ClFN2O2S. The maximum Gasteiger partial charge on any atom is 0.255 e. The number of rotatable bonds is 4. The second-order valence-electron chi connectivity index (χ2n) is 7.20. The van der Waals surface area contributed by atoms with Gasteiger partial charge in [0.05, 0.1) is 5.56 Å². The third-order valence-corrected chi connectivity index (χ3v) is 6.45. The summed E-state index contributed by atoms with van der Waals surface area (Å²) in [4.78, 5) is 25.6. The van der Waals surface area contributed by atoms with Crippen LogP contribution >= 0.6 is 23.4 Å². The van der Waals surface area contributed by atoms with Crippen molar-refractivity contribution in [2.24, 2.45) is 5.41 Å². The van der Waals surface area contributed by atoms with Crippen LogP contribution in [0.15, 0.2) is 52.3 Å². The summed E-state index contributed by atoms with van der Waals surface area (Å²) in [5, 5.41) is 6.39. The van der Waals surface area contributed by atoms with Crippen LogP contribution in [0.25, 0.3) is 0 Å². The van der Waals surface area contributed by atoms with Gasteiger partial charge in [-0.2, -0.15) is 0 Å². The number of benzene rings is 2. The van der Waals surface area contributed by atoms with Crippen molar-refractivity contribution >= 4 is 35.2 Å². The predicted octanol–water partition coefficient (Wildman–Crippen LogP) is 4.03. The molecule has 0 bridgehead atoms. The Labute approximate surface area is 165 Å². The molecule has 2 fully saturated rings. The van der Waals surface area contributed by atoms with Crippen molar-refractivity contribution in [2.75, 3.05) is 6.54 Å². The summed E-state index contributed by atoms with van der Waals surface area (Å²) in [6, 6.07) is 11.8. The van der Waals surface area contributed by atoms with Crippen LogP contribution in [0.1, 0.15) is 29.6 Å². The van der Waals surface area contributed by atoms with E-state index in [9.17, 15) is 14.0 Å². The Hall–Kier alpha value is -2.05. The van der Waals surface area contributed by atoms with Crippen LogP contribution in [0.2, 0.25) is 5.02 Å². The average Bonchev–Trinajstić information content (AvgIpc) is 2.98. The van der Waals surface area contributed by atoms with Crippen LogP contribution in [-0.4, -0.2) is 24.4 Å². The molecule has 2 amide bonds. The highest BCUT2D eigenvalue weighted by Gasteiger charge is 2.49. The van der Waals surface area contributed by atoms with Crippen LogP contribution in [0, 0.1) is 11.2 Å². The van der Waals surface area contributed by atoms with Crippen molar-refractivity contribution in [2.45, 2.75) is 35.1 Å². The van der Waals surface area contributed by atoms with E-state index in [0.717, 1.165) is 17.7 Å². The van der Waals surface area contributed by atoms with Crippen LogP contribution in [0.5, 0.6) is 0 Å². The van der Waals surface area contributed by atoms with Gasteiger partial charge >= 0.3 is 0 Å². The summed E-state index contributed by atoms with van der Waals surface area (Å²) in [7, 11) is 0. The summed E-state index contributed by atoms with van der Waals surface area (Å²) >= 11 is 7.23. The van der Waals surface area contributed by atoms with E-state index in [2.05, 4.69) is 10.6 Å². The molecule has 4 nitrogen and oxygen atoms in total. The highest BCUT2D eigenvalue weighted by atomic mass is 35.5. The highest BCUT2D eigenvalue weighted by Crippen LogP contribution is 2.46. The fraction of sp³-hybridized carbons (Fsp3) is 0.300. The lowest BCUT2D eigenvalue weighted by Crippen LogP contribution is -2.51. The molecule has 27 heavy (non-hydrogen) atoms. The van der Waals surface area contributed by atoms with Gasteiger partial charge in [0.1, 0.15) is 5.82 Å². The molecule has 0 aromatic heterocycles. The standard InChI is InChI=1S/C20H18ClFN2O2S/c21-12-4-6-14(7-5-12)27-16-3-1-2-15(22)18(16)19(26)24-13-8-20(9-13)10-17(25)23-11-20/h1-7,13H,8-11H2,(H,23,25)(H,24,26). The minimum absolute atomic E-state index is 0.0295. The second kappa shape index (κ2) is 7.17. The molecular weight excluding hydrogens is 387 g/mol. The fourth-order valence-corrected chi connectivity index (χ4v) is 4.92. The highest BCUT2D eigenvalue weighted by molar-refractivity contribution is 7.99. The monoisotopic (exact) mass is 404 g/mol. The van der Waals surface area contributed by atoms with Crippen LogP contribution in [0.4, 0.5) is 4.39 Å². The van der Waals surface area contributed by atoms with Crippen LogP contribution in [0.3, 0.4) is 0 Å². The van der Waals surface area contributed by atoms with Crippen molar-refractivity contribution < 1.29 is 14.0 Å². The molecule has 2 aliphatic rings. The van der Waals surface area contributed by atoms with E-state index < -0.39 is 11.7 Å². The summed E-state index contributed by atoms with van der Waals surface area (Å²) < 4.78 is 14.4. The minimum Gasteiger partial charge on any atom is -0.356 e. The van der Waals surface area contributed by atoms with Gasteiger partial charge in [0.15, 0.2) is 0 Å². The largest absolute Gasteiger partial charge is 0.356 e. The summed E-state index contributed by atoms with van der Waals surface area (Å²) in [6.45, 7) is 0.662. The maximum atomic E-state index is 14.4. The van der Waals surface area contributed by atoms with E-state index in [1.54, 1.807) is 24.3 Å². The molecule has 1 saturated heterocycles. The Bertz CT molecular complexity index is 897. The van der Waals surface area contributed by atoms with E-state index in [0.29, 0.717) is 22.9 Å². The topological polar surface area (TPSA) is 58.2 Å². The quantitative estimate of drug-likeness (QED) is 0.808. The van der Waals surface area contributed by atoms with E-state index in [4.69, 9.17) is 11.6 Å². The number of carbonyl (C=O) groups is 2. The molecule has 140 valence electrons. The van der Waals surface area contributed by atoms with E-state index >= 15 is 0 Å². The van der Waals surface area contributed by atoms with Gasteiger partial charge in [-0.25, -0.2) is 4.39 Å². The minimum atomic E-state index is -0.543. The number of hydrogen-bond donors (Lipinski definition) is 2. The molecule has 1 aliphatic carbocycles. The maximum absolute atomic E-state index is 14.4. The summed E-state index contributed by atoms with van der Waals surface area (Å²) in [5.41, 5.74) is 0.0181. The Morgan fingerprint density at radius 1 is 1.22 bits per heavy atom. The first kappa shape index (κ1) is 18.3. The molecule has 2 aromatic rings. The third kappa shape index (κ3) is 3.82. The lowest BCUT2D eigenvalue weighted by atomic mass is 9.65. The van der Waals surface area contributed by atoms with Gasteiger partial charge in [0, 0.05) is 39.2 Å². The number of halogens is 2. The Kier molecular flexibility index (Phi) is 4.86. The van der Waals surface area contributed by atoms with Gasteiger partial charge in [-0.05, 0) is 49.2 Å². The number of carbonyl (C=O) groups excluding carboxylic acids is 2. The third-order valence-electron chi connectivity index (χ3n) is 5.13. The normalized spacial score (nSPS) is 23.8. The van der Waals surface area contributed by atoms with Crippen molar-refractivity contribution in [1.29, 1.82) is 0 Å². The van der Waals surface area contributed by atoms with Gasteiger partial charge in [-0.15, -0.1) is 0 Å². The molecule has 2 N–H and O–H groups in total. The zero-order chi connectivity index (χ0) is 19.0. The smallest absolute Gasteiger partial charge is 0.255 e. The molecule has 4 rings (SSSR count). The molecule has 1 heterocycles. The molecule has 0 unspecified atom stereocenters. The first-order chi connectivity index (χ1) is 12.9. The van der Waals surface area contributed by atoms with E-state index in [1.807, 2.05) is 12.1 Å². The SMILES string of the molecule is O=C1CC2(CN1)CC(NC(=O)c1c(F)cccc1Sc1ccc(Cl)cc1)C2. The molecule has 1 spiro atoms.